The van der Waals surface area contributed by atoms with E-state index in [0.29, 0.717) is 19.6 Å². The van der Waals surface area contributed by atoms with Crippen LogP contribution < -0.4 is 10.0 Å². The van der Waals surface area contributed by atoms with Gasteiger partial charge in [-0.2, -0.15) is 4.73 Å². The predicted molar refractivity (Wildman–Crippen MR) is 127 cm³/mol. The number of rotatable bonds is 8. The van der Waals surface area contributed by atoms with Gasteiger partial charge < -0.3 is 20.2 Å². The van der Waals surface area contributed by atoms with E-state index in [9.17, 15) is 10.0 Å². The van der Waals surface area contributed by atoms with Gasteiger partial charge >= 0.3 is 6.09 Å². The summed E-state index contributed by atoms with van der Waals surface area (Å²) in [5.41, 5.74) is 1.78. The van der Waals surface area contributed by atoms with Crippen molar-refractivity contribution in [1.29, 1.82) is 0 Å². The maximum absolute atomic E-state index is 12.8. The molecule has 0 unspecified atom stereocenters. The molecular formula is C26H33N3O3. The first kappa shape index (κ1) is 23.5. The standard InChI is InChI=1S/C26H33N3O3/c1-20(27-17-22-10-11-24-19-29(31)15-13-23(24)16-22)18-28(25(30)32-26(2,3)4)14-12-21-8-6-5-7-9-21/h5-11,13,15-16,19-20,27H,12,14,17-18H2,1-4H3/t20-/m1/s1. The molecule has 1 heterocycles. The molecule has 1 N–H and O–H groups in total. The van der Waals surface area contributed by atoms with E-state index in [1.54, 1.807) is 11.1 Å². The van der Waals surface area contributed by atoms with Gasteiger partial charge in [0.1, 0.15) is 5.60 Å². The predicted octanol–water partition coefficient (Wildman–Crippen LogP) is 4.43. The highest BCUT2D eigenvalue weighted by Crippen LogP contribution is 2.15. The molecule has 1 atom stereocenters. The molecule has 0 aliphatic heterocycles. The number of carbonyl (C=O) groups excluding carboxylic acids is 1. The van der Waals surface area contributed by atoms with Crippen molar-refractivity contribution in [2.24, 2.45) is 0 Å². The lowest BCUT2D eigenvalue weighted by molar-refractivity contribution is -0.603. The zero-order valence-electron chi connectivity index (χ0n) is 19.4. The van der Waals surface area contributed by atoms with Crippen molar-refractivity contribution in [2.45, 2.75) is 52.3 Å². The van der Waals surface area contributed by atoms with Crippen molar-refractivity contribution >= 4 is 16.9 Å². The number of nitrogens with one attached hydrogen (secondary N) is 1. The number of ether oxygens (including phenoxy) is 1. The third kappa shape index (κ3) is 7.24. The summed E-state index contributed by atoms with van der Waals surface area (Å²) in [6, 6.07) is 18.1. The quantitative estimate of drug-likeness (QED) is 0.420. The molecule has 0 fully saturated rings. The third-order valence-corrected chi connectivity index (χ3v) is 5.13. The number of aromatic nitrogens is 1. The van der Waals surface area contributed by atoms with Crippen LogP contribution in [-0.2, 0) is 17.7 Å². The topological polar surface area (TPSA) is 68.5 Å². The second-order valence-electron chi connectivity index (χ2n) is 9.21. The Morgan fingerprint density at radius 3 is 2.56 bits per heavy atom. The van der Waals surface area contributed by atoms with Crippen molar-refractivity contribution in [1.82, 2.24) is 10.2 Å². The van der Waals surface area contributed by atoms with E-state index in [0.717, 1.165) is 27.5 Å². The largest absolute Gasteiger partial charge is 0.619 e. The van der Waals surface area contributed by atoms with Crippen LogP contribution in [0, 0.1) is 5.21 Å². The molecule has 0 saturated heterocycles. The van der Waals surface area contributed by atoms with Gasteiger partial charge in [0.05, 0.1) is 0 Å². The molecular weight excluding hydrogens is 402 g/mol. The van der Waals surface area contributed by atoms with Crippen LogP contribution in [0.25, 0.3) is 10.8 Å². The summed E-state index contributed by atoms with van der Waals surface area (Å²) in [6.07, 6.45) is 3.56. The van der Waals surface area contributed by atoms with E-state index in [1.807, 2.05) is 57.2 Å². The number of pyridine rings is 1. The molecule has 0 aliphatic carbocycles. The van der Waals surface area contributed by atoms with Gasteiger partial charge in [0.25, 0.3) is 0 Å². The van der Waals surface area contributed by atoms with Crippen LogP contribution in [0.5, 0.6) is 0 Å². The molecule has 0 bridgehead atoms. The van der Waals surface area contributed by atoms with Gasteiger partial charge in [-0.3, -0.25) is 0 Å². The Morgan fingerprint density at radius 1 is 1.09 bits per heavy atom. The first-order chi connectivity index (χ1) is 15.2. The number of hydrogen-bond donors (Lipinski definition) is 1. The molecule has 2 aromatic carbocycles. The highest BCUT2D eigenvalue weighted by molar-refractivity contribution is 5.81. The summed E-state index contributed by atoms with van der Waals surface area (Å²) in [6.45, 7) is 9.54. The van der Waals surface area contributed by atoms with Crippen LogP contribution in [0.4, 0.5) is 4.79 Å². The maximum atomic E-state index is 12.8. The molecule has 170 valence electrons. The van der Waals surface area contributed by atoms with E-state index in [2.05, 4.69) is 30.4 Å². The van der Waals surface area contributed by atoms with E-state index in [1.165, 1.54) is 11.8 Å². The Labute approximate surface area is 190 Å². The van der Waals surface area contributed by atoms with Crippen molar-refractivity contribution in [3.05, 3.63) is 83.3 Å². The number of fused-ring (bicyclic) bond motifs is 1. The molecule has 1 aromatic heterocycles. The first-order valence-electron chi connectivity index (χ1n) is 11.1. The van der Waals surface area contributed by atoms with Gasteiger partial charge in [-0.15, -0.1) is 0 Å². The Hall–Kier alpha value is -3.12. The molecule has 32 heavy (non-hydrogen) atoms. The molecule has 1 amide bonds. The number of nitrogens with zero attached hydrogens (tertiary/aromatic N) is 2. The van der Waals surface area contributed by atoms with Crippen molar-refractivity contribution in [3.8, 4) is 0 Å². The molecule has 0 saturated carbocycles. The zero-order valence-corrected chi connectivity index (χ0v) is 19.4. The summed E-state index contributed by atoms with van der Waals surface area (Å²) in [5, 5.41) is 16.9. The smallest absolute Gasteiger partial charge is 0.410 e. The summed E-state index contributed by atoms with van der Waals surface area (Å²) >= 11 is 0. The fourth-order valence-corrected chi connectivity index (χ4v) is 3.51. The molecule has 6 nitrogen and oxygen atoms in total. The van der Waals surface area contributed by atoms with E-state index in [-0.39, 0.29) is 12.1 Å². The number of hydrogen-bond acceptors (Lipinski definition) is 4. The molecule has 3 rings (SSSR count). The fourth-order valence-electron chi connectivity index (χ4n) is 3.51. The summed E-state index contributed by atoms with van der Waals surface area (Å²) in [4.78, 5) is 14.6. The first-order valence-corrected chi connectivity index (χ1v) is 11.1. The van der Waals surface area contributed by atoms with Crippen LogP contribution in [0.3, 0.4) is 0 Å². The lowest BCUT2D eigenvalue weighted by Gasteiger charge is -2.29. The van der Waals surface area contributed by atoms with E-state index < -0.39 is 5.60 Å². The molecule has 6 heteroatoms. The van der Waals surface area contributed by atoms with Crippen LogP contribution in [0.15, 0.2) is 67.0 Å². The molecule has 0 radical (unpaired) electrons. The van der Waals surface area contributed by atoms with Crippen molar-refractivity contribution in [3.63, 3.8) is 0 Å². The van der Waals surface area contributed by atoms with Gasteiger partial charge in [0, 0.05) is 37.1 Å². The van der Waals surface area contributed by atoms with Crippen LogP contribution >= 0.6 is 0 Å². The Bertz CT molecular complexity index is 1030. The number of amides is 1. The fraction of sp³-hybridized carbons (Fsp3) is 0.385. The zero-order chi connectivity index (χ0) is 23.1. The summed E-state index contributed by atoms with van der Waals surface area (Å²) in [5.74, 6) is 0. The molecule has 0 aliphatic rings. The Morgan fingerprint density at radius 2 is 1.84 bits per heavy atom. The highest BCUT2D eigenvalue weighted by Gasteiger charge is 2.23. The Balaban J connectivity index is 1.60. The minimum absolute atomic E-state index is 0.0774. The van der Waals surface area contributed by atoms with Gasteiger partial charge in [-0.05, 0) is 62.8 Å². The van der Waals surface area contributed by atoms with Crippen molar-refractivity contribution < 1.29 is 14.3 Å². The normalized spacial score (nSPS) is 12.5. The van der Waals surface area contributed by atoms with Gasteiger partial charge in [0.2, 0.25) is 0 Å². The minimum atomic E-state index is -0.536. The average Bonchev–Trinajstić information content (AvgIpc) is 2.74. The second-order valence-corrected chi connectivity index (χ2v) is 9.21. The minimum Gasteiger partial charge on any atom is -0.619 e. The lowest BCUT2D eigenvalue weighted by atomic mass is 10.1. The highest BCUT2D eigenvalue weighted by atomic mass is 16.6. The molecule has 0 spiro atoms. The summed E-state index contributed by atoms with van der Waals surface area (Å²) in [7, 11) is 0. The maximum Gasteiger partial charge on any atom is 0.410 e. The number of benzene rings is 2. The second kappa shape index (κ2) is 10.5. The van der Waals surface area contributed by atoms with Gasteiger partial charge in [-0.25, -0.2) is 4.79 Å². The number of carbonyl (C=O) groups is 1. The van der Waals surface area contributed by atoms with Gasteiger partial charge in [-0.1, -0.05) is 36.4 Å². The monoisotopic (exact) mass is 435 g/mol. The van der Waals surface area contributed by atoms with Crippen LogP contribution in [-0.4, -0.2) is 35.7 Å². The van der Waals surface area contributed by atoms with E-state index in [4.69, 9.17) is 4.74 Å². The SMILES string of the molecule is C[C@H](CN(CCc1ccccc1)C(=O)OC(C)(C)C)NCc1ccc2c[n+]([O-])ccc2c1. The van der Waals surface area contributed by atoms with Gasteiger partial charge in [0.15, 0.2) is 12.4 Å². The molecule has 3 aromatic rings. The van der Waals surface area contributed by atoms with E-state index >= 15 is 0 Å². The average molecular weight is 436 g/mol. The summed E-state index contributed by atoms with van der Waals surface area (Å²) < 4.78 is 6.45. The van der Waals surface area contributed by atoms with Crippen LogP contribution in [0.2, 0.25) is 0 Å². The van der Waals surface area contributed by atoms with Crippen LogP contribution in [0.1, 0.15) is 38.8 Å². The Kier molecular flexibility index (Phi) is 7.70. The third-order valence-electron chi connectivity index (χ3n) is 5.13. The lowest BCUT2D eigenvalue weighted by Crippen LogP contribution is -2.45. The van der Waals surface area contributed by atoms with Crippen molar-refractivity contribution in [2.75, 3.05) is 13.1 Å².